The number of hydrogen-bond donors (Lipinski definition) is 1. The van der Waals surface area contributed by atoms with Crippen molar-refractivity contribution in [1.82, 2.24) is 4.90 Å². The number of hydrogen-bond acceptors (Lipinski definition) is 3. The Morgan fingerprint density at radius 2 is 2.19 bits per heavy atom. The Bertz CT molecular complexity index is 510. The Labute approximate surface area is 128 Å². The number of nitrogens with zero attached hydrogens (tertiary/aromatic N) is 1. The van der Waals surface area contributed by atoms with Crippen LogP contribution in [0.3, 0.4) is 0 Å². The van der Waals surface area contributed by atoms with Gasteiger partial charge in [0.25, 0.3) is 0 Å². The first-order valence-electron chi connectivity index (χ1n) is 8.26. The topological polar surface area (TPSA) is 38.5 Å². The summed E-state index contributed by atoms with van der Waals surface area (Å²) in [6, 6.07) is 7.33. The van der Waals surface area contributed by atoms with Crippen molar-refractivity contribution >= 4 is 0 Å². The third-order valence-electron chi connectivity index (χ3n) is 4.82. The normalized spacial score (nSPS) is 26.2. The minimum absolute atomic E-state index is 0.0686. The Hall–Kier alpha value is -1.06. The van der Waals surface area contributed by atoms with E-state index in [-0.39, 0.29) is 11.6 Å². The van der Waals surface area contributed by atoms with E-state index < -0.39 is 0 Å². The largest absolute Gasteiger partial charge is 0.487 e. The van der Waals surface area contributed by atoms with Gasteiger partial charge in [0.15, 0.2) is 0 Å². The highest BCUT2D eigenvalue weighted by Gasteiger charge is 2.33. The van der Waals surface area contributed by atoms with Gasteiger partial charge in [-0.15, -0.1) is 0 Å². The van der Waals surface area contributed by atoms with Gasteiger partial charge in [0, 0.05) is 30.6 Å². The molecule has 2 atom stereocenters. The molecule has 1 aromatic carbocycles. The van der Waals surface area contributed by atoms with Gasteiger partial charge < -0.3 is 10.5 Å². The van der Waals surface area contributed by atoms with Crippen molar-refractivity contribution in [3.05, 3.63) is 29.3 Å². The van der Waals surface area contributed by atoms with Crippen LogP contribution in [-0.4, -0.2) is 29.1 Å². The number of fused-ring (bicyclic) bond motifs is 1. The molecule has 3 heteroatoms. The van der Waals surface area contributed by atoms with Crippen LogP contribution in [0, 0.1) is 0 Å². The molecule has 3 rings (SSSR count). The molecule has 0 bridgehead atoms. The lowest BCUT2D eigenvalue weighted by molar-refractivity contribution is 0.114. The van der Waals surface area contributed by atoms with Crippen LogP contribution >= 0.6 is 0 Å². The number of ether oxygens (including phenoxy) is 1. The third-order valence-corrected chi connectivity index (χ3v) is 4.82. The van der Waals surface area contributed by atoms with Gasteiger partial charge in [0.1, 0.15) is 11.4 Å². The summed E-state index contributed by atoms with van der Waals surface area (Å²) in [7, 11) is 0. The van der Waals surface area contributed by atoms with Crippen LogP contribution in [0.5, 0.6) is 5.75 Å². The molecule has 1 fully saturated rings. The number of benzene rings is 1. The van der Waals surface area contributed by atoms with Crippen LogP contribution in [0.25, 0.3) is 0 Å². The van der Waals surface area contributed by atoms with Gasteiger partial charge in [-0.1, -0.05) is 24.6 Å². The second kappa shape index (κ2) is 5.62. The lowest BCUT2D eigenvalue weighted by Gasteiger charge is -2.38. The van der Waals surface area contributed by atoms with Crippen LogP contribution < -0.4 is 10.5 Å². The van der Waals surface area contributed by atoms with Crippen LogP contribution in [-0.2, 0) is 13.0 Å². The molecule has 2 aliphatic rings. The molecular weight excluding hydrogens is 260 g/mol. The minimum Gasteiger partial charge on any atom is -0.487 e. The van der Waals surface area contributed by atoms with Crippen LogP contribution in [0.1, 0.15) is 51.2 Å². The third kappa shape index (κ3) is 3.09. The number of nitrogens with two attached hydrogens (primary N) is 1. The molecule has 0 radical (unpaired) electrons. The van der Waals surface area contributed by atoms with E-state index in [9.17, 15) is 0 Å². The van der Waals surface area contributed by atoms with E-state index in [4.69, 9.17) is 10.5 Å². The summed E-state index contributed by atoms with van der Waals surface area (Å²) in [6.07, 6.45) is 4.82. The summed E-state index contributed by atoms with van der Waals surface area (Å²) in [6.45, 7) is 8.59. The van der Waals surface area contributed by atoms with Gasteiger partial charge in [-0.3, -0.25) is 4.90 Å². The molecule has 3 nitrogen and oxygen atoms in total. The van der Waals surface area contributed by atoms with Gasteiger partial charge in [0.2, 0.25) is 0 Å². The fraction of sp³-hybridized carbons (Fsp3) is 0.667. The van der Waals surface area contributed by atoms with Gasteiger partial charge in [0.05, 0.1) is 0 Å². The van der Waals surface area contributed by atoms with E-state index in [1.165, 1.54) is 30.4 Å². The number of likely N-dealkylation sites (tertiary alicyclic amines) is 1. The highest BCUT2D eigenvalue weighted by atomic mass is 16.5. The van der Waals surface area contributed by atoms with E-state index in [0.29, 0.717) is 6.04 Å². The Morgan fingerprint density at radius 1 is 1.38 bits per heavy atom. The highest BCUT2D eigenvalue weighted by molar-refractivity contribution is 5.45. The van der Waals surface area contributed by atoms with E-state index in [1.54, 1.807) is 0 Å². The number of para-hydroxylation sites is 1. The van der Waals surface area contributed by atoms with Crippen LogP contribution in [0.4, 0.5) is 0 Å². The van der Waals surface area contributed by atoms with E-state index in [0.717, 1.165) is 25.3 Å². The van der Waals surface area contributed by atoms with Crippen LogP contribution in [0.15, 0.2) is 18.2 Å². The van der Waals surface area contributed by atoms with Gasteiger partial charge in [-0.25, -0.2) is 0 Å². The predicted octanol–water partition coefficient (Wildman–Crippen LogP) is 3.10. The summed E-state index contributed by atoms with van der Waals surface area (Å²) in [5, 5.41) is 0. The first-order valence-corrected chi connectivity index (χ1v) is 8.26. The molecule has 0 spiro atoms. The summed E-state index contributed by atoms with van der Waals surface area (Å²) in [5.74, 6) is 1.12. The lowest BCUT2D eigenvalue weighted by atomic mass is 9.95. The average molecular weight is 288 g/mol. The molecule has 2 aliphatic heterocycles. The summed E-state index contributed by atoms with van der Waals surface area (Å²) < 4.78 is 6.20. The summed E-state index contributed by atoms with van der Waals surface area (Å²) >= 11 is 0. The molecule has 2 heterocycles. The van der Waals surface area contributed by atoms with Crippen molar-refractivity contribution in [1.29, 1.82) is 0 Å². The quantitative estimate of drug-likeness (QED) is 0.929. The first kappa shape index (κ1) is 14.9. The van der Waals surface area contributed by atoms with Crippen molar-refractivity contribution < 1.29 is 4.74 Å². The molecule has 1 aromatic rings. The Kier molecular flexibility index (Phi) is 3.98. The molecule has 0 aromatic heterocycles. The minimum atomic E-state index is -0.0686. The predicted molar refractivity (Wildman–Crippen MR) is 86.6 cm³/mol. The van der Waals surface area contributed by atoms with Gasteiger partial charge in [-0.2, -0.15) is 0 Å². The fourth-order valence-electron chi connectivity index (χ4n) is 3.83. The van der Waals surface area contributed by atoms with Crippen molar-refractivity contribution in [2.24, 2.45) is 5.73 Å². The Balaban J connectivity index is 1.81. The highest BCUT2D eigenvalue weighted by Crippen LogP contribution is 2.38. The van der Waals surface area contributed by atoms with Gasteiger partial charge >= 0.3 is 0 Å². The molecule has 1 saturated heterocycles. The fourth-order valence-corrected chi connectivity index (χ4v) is 3.83. The lowest BCUT2D eigenvalue weighted by Crippen LogP contribution is -2.48. The molecule has 2 N–H and O–H groups in total. The molecule has 0 aliphatic carbocycles. The van der Waals surface area contributed by atoms with Crippen molar-refractivity contribution in [3.8, 4) is 5.75 Å². The van der Waals surface area contributed by atoms with E-state index in [1.807, 2.05) is 0 Å². The van der Waals surface area contributed by atoms with Crippen LogP contribution in [0.2, 0.25) is 0 Å². The number of piperidine rings is 1. The number of rotatable bonds is 3. The second-order valence-electron chi connectivity index (χ2n) is 7.34. The Morgan fingerprint density at radius 3 is 2.95 bits per heavy atom. The molecule has 0 amide bonds. The van der Waals surface area contributed by atoms with E-state index >= 15 is 0 Å². The molecule has 116 valence electrons. The van der Waals surface area contributed by atoms with Crippen molar-refractivity contribution in [3.63, 3.8) is 0 Å². The van der Waals surface area contributed by atoms with E-state index in [2.05, 4.69) is 43.9 Å². The SMILES string of the molecule is CC(N)C1CCCCN1Cc1cccc2c1OC(C)(C)C2. The summed E-state index contributed by atoms with van der Waals surface area (Å²) in [4.78, 5) is 2.55. The first-order chi connectivity index (χ1) is 9.96. The van der Waals surface area contributed by atoms with Gasteiger partial charge in [-0.05, 0) is 45.7 Å². The molecule has 21 heavy (non-hydrogen) atoms. The maximum absolute atomic E-state index is 6.20. The summed E-state index contributed by atoms with van der Waals surface area (Å²) in [5.41, 5.74) is 8.80. The monoisotopic (exact) mass is 288 g/mol. The second-order valence-corrected chi connectivity index (χ2v) is 7.34. The zero-order chi connectivity index (χ0) is 15.0. The maximum Gasteiger partial charge on any atom is 0.127 e. The van der Waals surface area contributed by atoms with Crippen molar-refractivity contribution in [2.45, 2.75) is 70.7 Å². The average Bonchev–Trinajstić information content (AvgIpc) is 2.74. The molecular formula is C18H28N2O. The standard InChI is InChI=1S/C18H28N2O/c1-13(19)16-9-4-5-10-20(16)12-15-8-6-7-14-11-18(2,3)21-17(14)15/h6-8,13,16H,4-5,9-12,19H2,1-3H3. The smallest absolute Gasteiger partial charge is 0.127 e. The zero-order valence-electron chi connectivity index (χ0n) is 13.6. The maximum atomic E-state index is 6.20. The zero-order valence-corrected chi connectivity index (χ0v) is 13.6. The molecule has 0 saturated carbocycles. The van der Waals surface area contributed by atoms with Crippen molar-refractivity contribution in [2.75, 3.05) is 6.54 Å². The molecule has 2 unspecified atom stereocenters.